The van der Waals surface area contributed by atoms with E-state index in [2.05, 4.69) is 5.32 Å². The molecule has 3 amide bonds. The first kappa shape index (κ1) is 19.8. The van der Waals surface area contributed by atoms with Gasteiger partial charge in [-0.2, -0.15) is 0 Å². The molecule has 2 rings (SSSR count). The minimum Gasteiger partial charge on any atom is -0.467 e. The molecule has 0 saturated carbocycles. The maximum absolute atomic E-state index is 12.6. The van der Waals surface area contributed by atoms with Crippen LogP contribution in [0.1, 0.15) is 11.1 Å². The van der Waals surface area contributed by atoms with E-state index in [9.17, 15) is 14.4 Å². The maximum atomic E-state index is 12.6. The molecule has 0 saturated heterocycles. The molecule has 3 N–H and O–H groups in total. The molecule has 8 nitrogen and oxygen atoms in total. The number of rotatable bonds is 6. The van der Waals surface area contributed by atoms with E-state index in [1.165, 1.54) is 7.11 Å². The van der Waals surface area contributed by atoms with Gasteiger partial charge in [0.1, 0.15) is 6.04 Å². The Bertz CT molecular complexity index is 767. The zero-order valence-corrected chi connectivity index (χ0v) is 14.8. The topological polar surface area (TPSA) is 108 Å². The molecule has 0 spiro atoms. The van der Waals surface area contributed by atoms with Crippen LogP contribution in [-0.2, 0) is 22.5 Å². The van der Waals surface area contributed by atoms with Crippen LogP contribution < -0.4 is 10.7 Å². The maximum Gasteiger partial charge on any atom is 0.423 e. The lowest BCUT2D eigenvalue weighted by Crippen LogP contribution is -2.54. The number of nitrogens with one attached hydrogen (secondary N) is 2. The van der Waals surface area contributed by atoms with Gasteiger partial charge in [0, 0.05) is 6.42 Å². The molecule has 0 aliphatic heterocycles. The van der Waals surface area contributed by atoms with Gasteiger partial charge in [0.15, 0.2) is 0 Å². The SMILES string of the molecule is COC(=O)[C@H](Cc1ccccc1)NC(=O)N(Cc1ccccc1)NC(=O)O. The van der Waals surface area contributed by atoms with Crippen LogP contribution >= 0.6 is 0 Å². The van der Waals surface area contributed by atoms with Crippen LogP contribution in [0.25, 0.3) is 0 Å². The zero-order valence-electron chi connectivity index (χ0n) is 14.8. The second-order valence-electron chi connectivity index (χ2n) is 5.70. The lowest BCUT2D eigenvalue weighted by Gasteiger charge is -2.25. The Kier molecular flexibility index (Phi) is 7.18. The number of hydrogen-bond acceptors (Lipinski definition) is 4. The van der Waals surface area contributed by atoms with Gasteiger partial charge in [0.25, 0.3) is 0 Å². The molecule has 0 aromatic heterocycles. The van der Waals surface area contributed by atoms with Gasteiger partial charge in [0.05, 0.1) is 13.7 Å². The fraction of sp³-hybridized carbons (Fsp3) is 0.211. The lowest BCUT2D eigenvalue weighted by molar-refractivity contribution is -0.142. The highest BCUT2D eigenvalue weighted by atomic mass is 16.5. The molecular weight excluding hydrogens is 350 g/mol. The van der Waals surface area contributed by atoms with E-state index >= 15 is 0 Å². The number of esters is 1. The number of hydrogen-bond donors (Lipinski definition) is 3. The standard InChI is InChI=1S/C19H21N3O5/c1-27-17(23)16(12-14-8-4-2-5-9-14)20-18(24)22(21-19(25)26)13-15-10-6-3-7-11-15/h2-11,16,21H,12-13H2,1H3,(H,20,24)(H,25,26)/t16-/m0/s1. The third-order valence-electron chi connectivity index (χ3n) is 3.73. The Hall–Kier alpha value is -3.55. The molecule has 27 heavy (non-hydrogen) atoms. The number of carboxylic acid groups (broad SMARTS) is 1. The summed E-state index contributed by atoms with van der Waals surface area (Å²) in [4.78, 5) is 35.7. The first-order valence-electron chi connectivity index (χ1n) is 8.23. The Balaban J connectivity index is 2.13. The molecule has 0 fully saturated rings. The van der Waals surface area contributed by atoms with Crippen molar-refractivity contribution in [2.24, 2.45) is 0 Å². The number of hydrazine groups is 1. The quantitative estimate of drug-likeness (QED) is 0.533. The zero-order chi connectivity index (χ0) is 19.6. The smallest absolute Gasteiger partial charge is 0.423 e. The van der Waals surface area contributed by atoms with Crippen LogP contribution in [0.5, 0.6) is 0 Å². The molecule has 142 valence electrons. The predicted molar refractivity (Wildman–Crippen MR) is 97.6 cm³/mol. The summed E-state index contributed by atoms with van der Waals surface area (Å²) in [5, 5.41) is 12.4. The summed E-state index contributed by atoms with van der Waals surface area (Å²) in [7, 11) is 1.23. The summed E-state index contributed by atoms with van der Waals surface area (Å²) in [5.74, 6) is -0.623. The molecule has 1 atom stereocenters. The molecule has 2 aromatic carbocycles. The minimum absolute atomic E-state index is 0.00178. The van der Waals surface area contributed by atoms with E-state index in [-0.39, 0.29) is 13.0 Å². The molecule has 0 aliphatic rings. The fourth-order valence-electron chi connectivity index (χ4n) is 2.46. The van der Waals surface area contributed by atoms with E-state index in [1.807, 2.05) is 41.8 Å². The average molecular weight is 371 g/mol. The highest BCUT2D eigenvalue weighted by molar-refractivity contribution is 5.84. The van der Waals surface area contributed by atoms with Gasteiger partial charge in [-0.15, -0.1) is 0 Å². The Morgan fingerprint density at radius 1 is 1.00 bits per heavy atom. The normalized spacial score (nSPS) is 11.1. The highest BCUT2D eigenvalue weighted by Crippen LogP contribution is 2.07. The van der Waals surface area contributed by atoms with Crippen molar-refractivity contribution in [2.75, 3.05) is 7.11 Å². The Labute approximate surface area is 156 Å². The second-order valence-corrected chi connectivity index (χ2v) is 5.70. The van der Waals surface area contributed by atoms with Crippen LogP contribution in [0.4, 0.5) is 9.59 Å². The van der Waals surface area contributed by atoms with Crippen molar-refractivity contribution in [3.63, 3.8) is 0 Å². The lowest BCUT2D eigenvalue weighted by atomic mass is 10.1. The van der Waals surface area contributed by atoms with E-state index in [1.54, 1.807) is 24.3 Å². The molecule has 0 unspecified atom stereocenters. The van der Waals surface area contributed by atoms with Crippen LogP contribution in [0.3, 0.4) is 0 Å². The van der Waals surface area contributed by atoms with E-state index < -0.39 is 24.1 Å². The number of carbonyl (C=O) groups excluding carboxylic acids is 2. The van der Waals surface area contributed by atoms with Gasteiger partial charge >= 0.3 is 18.1 Å². The van der Waals surface area contributed by atoms with Gasteiger partial charge < -0.3 is 15.2 Å². The van der Waals surface area contributed by atoms with Gasteiger partial charge in [0.2, 0.25) is 0 Å². The summed E-state index contributed by atoms with van der Waals surface area (Å²) < 4.78 is 4.76. The predicted octanol–water partition coefficient (Wildman–Crippen LogP) is 2.17. The summed E-state index contributed by atoms with van der Waals surface area (Å²) in [6, 6.07) is 16.3. The molecule has 0 aliphatic carbocycles. The second kappa shape index (κ2) is 9.81. The third kappa shape index (κ3) is 6.35. The monoisotopic (exact) mass is 371 g/mol. The first-order valence-corrected chi connectivity index (χ1v) is 8.23. The number of urea groups is 1. The van der Waals surface area contributed by atoms with E-state index in [0.717, 1.165) is 16.1 Å². The molecular formula is C19H21N3O5. The summed E-state index contributed by atoms with van der Waals surface area (Å²) in [5.41, 5.74) is 3.59. The third-order valence-corrected chi connectivity index (χ3v) is 3.73. The van der Waals surface area contributed by atoms with Crippen molar-refractivity contribution in [2.45, 2.75) is 19.0 Å². The summed E-state index contributed by atoms with van der Waals surface area (Å²) in [6.45, 7) is -0.00178. The van der Waals surface area contributed by atoms with Crippen LogP contribution in [0, 0.1) is 0 Å². The van der Waals surface area contributed by atoms with Crippen molar-refractivity contribution < 1.29 is 24.2 Å². The van der Waals surface area contributed by atoms with Crippen molar-refractivity contribution in [1.29, 1.82) is 0 Å². The molecule has 8 heteroatoms. The van der Waals surface area contributed by atoms with Gasteiger partial charge in [-0.1, -0.05) is 60.7 Å². The highest BCUT2D eigenvalue weighted by Gasteiger charge is 2.25. The minimum atomic E-state index is -1.39. The van der Waals surface area contributed by atoms with E-state index in [0.29, 0.717) is 0 Å². The fourth-order valence-corrected chi connectivity index (χ4v) is 2.46. The first-order chi connectivity index (χ1) is 13.0. The Morgan fingerprint density at radius 3 is 2.07 bits per heavy atom. The van der Waals surface area contributed by atoms with Crippen LogP contribution in [0.2, 0.25) is 0 Å². The number of benzene rings is 2. The number of carbonyl (C=O) groups is 3. The van der Waals surface area contributed by atoms with Crippen LogP contribution in [-0.4, -0.2) is 41.4 Å². The number of ether oxygens (including phenoxy) is 1. The van der Waals surface area contributed by atoms with Gasteiger partial charge in [-0.05, 0) is 11.1 Å². The van der Waals surface area contributed by atoms with E-state index in [4.69, 9.17) is 9.84 Å². The Morgan fingerprint density at radius 2 is 1.56 bits per heavy atom. The average Bonchev–Trinajstić information content (AvgIpc) is 2.67. The van der Waals surface area contributed by atoms with Gasteiger partial charge in [-0.3, -0.25) is 0 Å². The van der Waals surface area contributed by atoms with Crippen molar-refractivity contribution in [1.82, 2.24) is 15.8 Å². The summed E-state index contributed by atoms with van der Waals surface area (Å²) in [6.07, 6.45) is -1.18. The van der Waals surface area contributed by atoms with Crippen molar-refractivity contribution >= 4 is 18.1 Å². The number of nitrogens with zero attached hydrogens (tertiary/aromatic N) is 1. The molecule has 0 bridgehead atoms. The summed E-state index contributed by atoms with van der Waals surface area (Å²) >= 11 is 0. The van der Waals surface area contributed by atoms with Crippen molar-refractivity contribution in [3.8, 4) is 0 Å². The molecule has 0 heterocycles. The molecule has 2 aromatic rings. The number of amides is 3. The largest absolute Gasteiger partial charge is 0.467 e. The number of methoxy groups -OCH3 is 1. The van der Waals surface area contributed by atoms with Crippen LogP contribution in [0.15, 0.2) is 60.7 Å². The van der Waals surface area contributed by atoms with Crippen molar-refractivity contribution in [3.05, 3.63) is 71.8 Å². The molecule has 0 radical (unpaired) electrons. The van der Waals surface area contributed by atoms with Gasteiger partial charge in [-0.25, -0.2) is 24.8 Å².